The van der Waals surface area contributed by atoms with Gasteiger partial charge in [0, 0.05) is 16.5 Å². The molecule has 0 bridgehead atoms. The van der Waals surface area contributed by atoms with Gasteiger partial charge in [0.05, 0.1) is 0 Å². The van der Waals surface area contributed by atoms with Crippen molar-refractivity contribution in [3.8, 4) is 55.6 Å². The Morgan fingerprint density at radius 3 is 0.966 bits per heavy atom. The van der Waals surface area contributed by atoms with Crippen LogP contribution >= 0.6 is 23.2 Å². The first kappa shape index (κ1) is 42.4. The third-order valence-electron chi connectivity index (χ3n) is 12.6. The monoisotopic (exact) mass is 818 g/mol. The van der Waals surface area contributed by atoms with Crippen molar-refractivity contribution in [1.29, 1.82) is 0 Å². The smallest absolute Gasteiger partial charge is 0.252 e. The highest BCUT2D eigenvalue weighted by Gasteiger charge is 2.42. The van der Waals surface area contributed by atoms with Gasteiger partial charge >= 0.3 is 0 Å². The fraction of sp³-hybridized carbons (Fsp3) is 0.309. The summed E-state index contributed by atoms with van der Waals surface area (Å²) in [6.45, 7) is 4.59. The number of hydrogen-bond acceptors (Lipinski definition) is 2. The number of unbranched alkanes of at least 4 members (excludes halogenated alkanes) is 10. The lowest BCUT2D eigenvalue weighted by Crippen LogP contribution is -2.25. The van der Waals surface area contributed by atoms with Crippen LogP contribution in [0, 0.1) is 0 Å². The van der Waals surface area contributed by atoms with Crippen LogP contribution in [-0.2, 0) is 5.41 Å². The predicted octanol–water partition coefficient (Wildman–Crippen LogP) is 16.9. The van der Waals surface area contributed by atoms with Gasteiger partial charge in [-0.25, -0.2) is 0 Å². The highest BCUT2D eigenvalue weighted by atomic mass is 35.5. The van der Waals surface area contributed by atoms with Gasteiger partial charge in [0.1, 0.15) is 0 Å². The quantitative estimate of drug-likeness (QED) is 0.0568. The van der Waals surface area contributed by atoms with E-state index in [1.54, 1.807) is 24.3 Å². The van der Waals surface area contributed by atoms with Crippen LogP contribution in [-0.4, -0.2) is 10.5 Å². The van der Waals surface area contributed by atoms with E-state index in [1.807, 2.05) is 24.3 Å². The molecule has 302 valence electrons. The van der Waals surface area contributed by atoms with E-state index in [-0.39, 0.29) is 5.41 Å². The Hall–Kier alpha value is -4.76. The molecule has 0 heterocycles. The molecule has 0 atom stereocenters. The molecule has 7 rings (SSSR count). The Labute approximate surface area is 362 Å². The van der Waals surface area contributed by atoms with Gasteiger partial charge in [-0.05, 0) is 139 Å². The van der Waals surface area contributed by atoms with Gasteiger partial charge in [-0.15, -0.1) is 0 Å². The van der Waals surface area contributed by atoms with Crippen LogP contribution in [0.1, 0.15) is 136 Å². The highest BCUT2D eigenvalue weighted by Crippen LogP contribution is 2.56. The Kier molecular flexibility index (Phi) is 14.4. The lowest BCUT2D eigenvalue weighted by Gasteiger charge is -2.33. The normalized spacial score (nSPS) is 12.6. The van der Waals surface area contributed by atoms with Crippen molar-refractivity contribution in [3.63, 3.8) is 0 Å². The second kappa shape index (κ2) is 20.0. The minimum atomic E-state index is -0.438. The number of rotatable bonds is 20. The molecule has 0 unspecified atom stereocenters. The molecular formula is C55H56Cl2O2. The molecular weight excluding hydrogens is 764 g/mol. The highest BCUT2D eigenvalue weighted by molar-refractivity contribution is 6.68. The molecule has 0 saturated heterocycles. The van der Waals surface area contributed by atoms with Crippen LogP contribution in [0.4, 0.5) is 0 Å². The summed E-state index contributed by atoms with van der Waals surface area (Å²) in [5, 5.41) is -0.877. The molecule has 2 nitrogen and oxygen atoms in total. The van der Waals surface area contributed by atoms with Gasteiger partial charge < -0.3 is 0 Å². The number of carbonyl (C=O) groups excluding carboxylic acids is 2. The standard InChI is InChI=1S/C55H56Cl2O2/c1-3-5-7-9-11-13-35-55(36-14-12-10-8-6-4-2)51-37-47(43-19-15-39(16-20-43)41-23-27-45(28-24-41)53(56)58)31-33-49(51)50-34-32-48(38-52(50)55)44-21-17-40(18-22-44)42-25-29-46(30-26-42)54(57)59/h15-34,37-38H,3-14,35-36H2,1-2H3. The summed E-state index contributed by atoms with van der Waals surface area (Å²) in [7, 11) is 0. The molecule has 0 spiro atoms. The Morgan fingerprint density at radius 2 is 0.644 bits per heavy atom. The summed E-state index contributed by atoms with van der Waals surface area (Å²) in [6.07, 6.45) is 17.7. The van der Waals surface area contributed by atoms with Crippen molar-refractivity contribution in [2.45, 2.75) is 109 Å². The summed E-state index contributed by atoms with van der Waals surface area (Å²) >= 11 is 11.4. The van der Waals surface area contributed by atoms with Crippen molar-refractivity contribution in [2.24, 2.45) is 0 Å². The largest absolute Gasteiger partial charge is 0.276 e. The average molecular weight is 820 g/mol. The van der Waals surface area contributed by atoms with Crippen molar-refractivity contribution in [1.82, 2.24) is 0 Å². The topological polar surface area (TPSA) is 34.1 Å². The van der Waals surface area contributed by atoms with Gasteiger partial charge in [-0.3, -0.25) is 9.59 Å². The summed E-state index contributed by atoms with van der Waals surface area (Å²) in [5.41, 5.74) is 15.9. The van der Waals surface area contributed by atoms with E-state index in [2.05, 4.69) is 98.8 Å². The van der Waals surface area contributed by atoms with Crippen LogP contribution in [0.25, 0.3) is 55.6 Å². The van der Waals surface area contributed by atoms with Crippen LogP contribution in [0.15, 0.2) is 133 Å². The van der Waals surface area contributed by atoms with E-state index in [0.29, 0.717) is 11.1 Å². The maximum Gasteiger partial charge on any atom is 0.252 e. The van der Waals surface area contributed by atoms with Crippen molar-refractivity contribution in [2.75, 3.05) is 0 Å². The zero-order valence-electron chi connectivity index (χ0n) is 34.7. The van der Waals surface area contributed by atoms with Crippen molar-refractivity contribution in [3.05, 3.63) is 156 Å². The number of fused-ring (bicyclic) bond motifs is 3. The van der Waals surface area contributed by atoms with Crippen LogP contribution in [0.2, 0.25) is 0 Å². The molecule has 1 aliphatic carbocycles. The number of benzene rings is 6. The maximum absolute atomic E-state index is 11.6. The number of halogens is 2. The number of hydrogen-bond donors (Lipinski definition) is 0. The molecule has 0 radical (unpaired) electrons. The maximum atomic E-state index is 11.6. The Balaban J connectivity index is 1.25. The second-order valence-electron chi connectivity index (χ2n) is 16.5. The molecule has 0 saturated carbocycles. The van der Waals surface area contributed by atoms with Gasteiger partial charge in [0.15, 0.2) is 0 Å². The SMILES string of the molecule is CCCCCCCCC1(CCCCCCCC)c2cc(-c3ccc(-c4ccc(C(=O)Cl)cc4)cc3)ccc2-c2ccc(-c3ccc(-c4ccc(C(=O)Cl)cc4)cc3)cc21. The average Bonchev–Trinajstić information content (AvgIpc) is 3.54. The summed E-state index contributed by atoms with van der Waals surface area (Å²) < 4.78 is 0. The number of carbonyl (C=O) groups is 2. The van der Waals surface area contributed by atoms with Crippen LogP contribution < -0.4 is 0 Å². The lowest BCUT2D eigenvalue weighted by atomic mass is 9.70. The van der Waals surface area contributed by atoms with Gasteiger partial charge in [0.2, 0.25) is 0 Å². The minimum absolute atomic E-state index is 0.0602. The molecule has 6 aromatic rings. The predicted molar refractivity (Wildman–Crippen MR) is 251 cm³/mol. The molecule has 0 aliphatic heterocycles. The van der Waals surface area contributed by atoms with E-state index in [9.17, 15) is 9.59 Å². The Bertz CT molecular complexity index is 2170. The van der Waals surface area contributed by atoms with Gasteiger partial charge in [0.25, 0.3) is 10.5 Å². The van der Waals surface area contributed by atoms with Gasteiger partial charge in [-0.2, -0.15) is 0 Å². The lowest BCUT2D eigenvalue weighted by molar-refractivity contribution is 0.107. The first-order chi connectivity index (χ1) is 28.8. The third-order valence-corrected chi connectivity index (χ3v) is 13.0. The van der Waals surface area contributed by atoms with Crippen molar-refractivity contribution >= 4 is 33.7 Å². The van der Waals surface area contributed by atoms with E-state index in [4.69, 9.17) is 23.2 Å². The summed E-state index contributed by atoms with van der Waals surface area (Å²) in [5.74, 6) is 0. The third kappa shape index (κ3) is 9.83. The molecule has 1 aliphatic rings. The van der Waals surface area contributed by atoms with Gasteiger partial charge in [-0.1, -0.05) is 188 Å². The molecule has 0 N–H and O–H groups in total. The molecule has 0 amide bonds. The van der Waals surface area contributed by atoms with E-state index < -0.39 is 10.5 Å². The molecule has 0 fully saturated rings. The fourth-order valence-corrected chi connectivity index (χ4v) is 9.48. The zero-order valence-corrected chi connectivity index (χ0v) is 36.2. The first-order valence-electron chi connectivity index (χ1n) is 21.9. The molecule has 4 heteroatoms. The first-order valence-corrected chi connectivity index (χ1v) is 22.7. The summed E-state index contributed by atoms with van der Waals surface area (Å²) in [4.78, 5) is 23.3. The van der Waals surface area contributed by atoms with Crippen LogP contribution in [0.5, 0.6) is 0 Å². The van der Waals surface area contributed by atoms with Crippen LogP contribution in [0.3, 0.4) is 0 Å². The van der Waals surface area contributed by atoms with Crippen molar-refractivity contribution < 1.29 is 9.59 Å². The second-order valence-corrected chi connectivity index (χ2v) is 17.2. The Morgan fingerprint density at radius 1 is 0.373 bits per heavy atom. The summed E-state index contributed by atoms with van der Waals surface area (Å²) in [6, 6.07) is 47.1. The minimum Gasteiger partial charge on any atom is -0.276 e. The molecule has 0 aromatic heterocycles. The zero-order chi connectivity index (χ0) is 41.2. The van der Waals surface area contributed by atoms with E-state index >= 15 is 0 Å². The van der Waals surface area contributed by atoms with E-state index in [1.165, 1.54) is 122 Å². The molecule has 6 aromatic carbocycles. The molecule has 59 heavy (non-hydrogen) atoms. The van der Waals surface area contributed by atoms with E-state index in [0.717, 1.165) is 35.1 Å². The fourth-order valence-electron chi connectivity index (χ4n) is 9.23.